The van der Waals surface area contributed by atoms with Crippen LogP contribution in [0.15, 0.2) is 51.5 Å². The summed E-state index contributed by atoms with van der Waals surface area (Å²) in [6, 6.07) is 14.0. The summed E-state index contributed by atoms with van der Waals surface area (Å²) in [6.45, 7) is 2.59. The maximum Gasteiger partial charge on any atom is 0.231 e. The first-order valence-corrected chi connectivity index (χ1v) is 7.82. The summed E-state index contributed by atoms with van der Waals surface area (Å²) < 4.78 is 6.45. The third-order valence-corrected chi connectivity index (χ3v) is 4.66. The molecule has 0 amide bonds. The van der Waals surface area contributed by atoms with Crippen LogP contribution >= 0.6 is 15.9 Å². The Kier molecular flexibility index (Phi) is 4.36. The zero-order valence-corrected chi connectivity index (χ0v) is 13.8. The number of hydrogen-bond acceptors (Lipinski definition) is 4. The van der Waals surface area contributed by atoms with Gasteiger partial charge in [0.05, 0.1) is 6.42 Å². The zero-order valence-electron chi connectivity index (χ0n) is 12.2. The molecule has 0 saturated carbocycles. The molecule has 5 heteroatoms. The Hall–Kier alpha value is -1.98. The summed E-state index contributed by atoms with van der Waals surface area (Å²) >= 11 is 3.60. The maximum atomic E-state index is 5.60. The van der Waals surface area contributed by atoms with Crippen LogP contribution in [0.25, 0.3) is 11.4 Å². The Morgan fingerprint density at radius 3 is 2.64 bits per heavy atom. The van der Waals surface area contributed by atoms with Crippen LogP contribution in [0.4, 0.5) is 0 Å². The Labute approximate surface area is 137 Å². The topological polar surface area (TPSA) is 64.9 Å². The van der Waals surface area contributed by atoms with Crippen LogP contribution in [0.1, 0.15) is 22.6 Å². The van der Waals surface area contributed by atoms with Crippen LogP contribution in [-0.4, -0.2) is 10.1 Å². The molecule has 2 aromatic carbocycles. The van der Waals surface area contributed by atoms with E-state index in [1.165, 1.54) is 5.56 Å². The average molecular weight is 358 g/mol. The molecule has 0 spiro atoms. The van der Waals surface area contributed by atoms with E-state index in [4.69, 9.17) is 10.3 Å². The van der Waals surface area contributed by atoms with Gasteiger partial charge in [-0.1, -0.05) is 63.6 Å². The lowest BCUT2D eigenvalue weighted by molar-refractivity contribution is 0.385. The van der Waals surface area contributed by atoms with E-state index >= 15 is 0 Å². The number of nitrogens with zero attached hydrogens (tertiary/aromatic N) is 2. The highest BCUT2D eigenvalue weighted by Gasteiger charge is 2.11. The van der Waals surface area contributed by atoms with E-state index in [0.29, 0.717) is 24.7 Å². The molecule has 3 rings (SSSR count). The number of aryl methyl sites for hydroxylation is 1. The second-order valence-electron chi connectivity index (χ2n) is 5.14. The van der Waals surface area contributed by atoms with Crippen LogP contribution < -0.4 is 5.73 Å². The molecular weight excluding hydrogens is 342 g/mol. The van der Waals surface area contributed by atoms with Gasteiger partial charge in [0, 0.05) is 16.6 Å². The maximum absolute atomic E-state index is 5.60. The molecule has 0 aliphatic carbocycles. The van der Waals surface area contributed by atoms with Crippen molar-refractivity contribution < 1.29 is 4.52 Å². The second kappa shape index (κ2) is 6.42. The summed E-state index contributed by atoms with van der Waals surface area (Å²) in [6.07, 6.45) is 0.607. The van der Waals surface area contributed by atoms with E-state index in [2.05, 4.69) is 45.1 Å². The summed E-state index contributed by atoms with van der Waals surface area (Å²) in [5.41, 5.74) is 9.93. The molecule has 1 heterocycles. The van der Waals surface area contributed by atoms with Gasteiger partial charge in [-0.3, -0.25) is 0 Å². The van der Waals surface area contributed by atoms with Gasteiger partial charge in [-0.15, -0.1) is 0 Å². The molecular formula is C17H16BrN3O. The number of nitrogens with two attached hydrogens (primary N) is 1. The molecule has 3 aromatic rings. The minimum absolute atomic E-state index is 0.527. The Balaban J connectivity index is 1.82. The largest absolute Gasteiger partial charge is 0.339 e. The highest BCUT2D eigenvalue weighted by Crippen LogP contribution is 2.24. The Morgan fingerprint density at radius 2 is 1.91 bits per heavy atom. The summed E-state index contributed by atoms with van der Waals surface area (Å²) in [5, 5.41) is 4.06. The first-order chi connectivity index (χ1) is 10.7. The lowest BCUT2D eigenvalue weighted by Gasteiger charge is -2.03. The molecule has 1 aromatic heterocycles. The van der Waals surface area contributed by atoms with Crippen molar-refractivity contribution in [3.63, 3.8) is 0 Å². The van der Waals surface area contributed by atoms with Crippen molar-refractivity contribution in [3.8, 4) is 11.4 Å². The minimum Gasteiger partial charge on any atom is -0.339 e. The lowest BCUT2D eigenvalue weighted by atomic mass is 10.1. The summed E-state index contributed by atoms with van der Waals surface area (Å²) in [5.74, 6) is 1.20. The molecule has 2 N–H and O–H groups in total. The fraction of sp³-hybridized carbons (Fsp3) is 0.176. The van der Waals surface area contributed by atoms with Crippen molar-refractivity contribution in [1.29, 1.82) is 0 Å². The molecule has 0 fully saturated rings. The van der Waals surface area contributed by atoms with Crippen LogP contribution in [0.2, 0.25) is 0 Å². The average Bonchev–Trinajstić information content (AvgIpc) is 3.00. The van der Waals surface area contributed by atoms with Gasteiger partial charge in [-0.25, -0.2) is 0 Å². The second-order valence-corrected chi connectivity index (χ2v) is 5.93. The zero-order chi connectivity index (χ0) is 15.5. The first kappa shape index (κ1) is 14.9. The fourth-order valence-electron chi connectivity index (χ4n) is 2.24. The van der Waals surface area contributed by atoms with E-state index in [9.17, 15) is 0 Å². The molecule has 0 unspecified atom stereocenters. The number of halogens is 1. The molecule has 0 aliphatic rings. The smallest absolute Gasteiger partial charge is 0.231 e. The van der Waals surface area contributed by atoms with Gasteiger partial charge in [-0.05, 0) is 23.6 Å². The van der Waals surface area contributed by atoms with E-state index in [1.807, 2.05) is 30.3 Å². The Bertz CT molecular complexity index is 781. The van der Waals surface area contributed by atoms with Crippen molar-refractivity contribution >= 4 is 15.9 Å². The van der Waals surface area contributed by atoms with E-state index in [-0.39, 0.29) is 0 Å². The predicted octanol–water partition coefficient (Wildman–Crippen LogP) is 3.86. The minimum atomic E-state index is 0.527. The van der Waals surface area contributed by atoms with Crippen molar-refractivity contribution in [2.45, 2.75) is 19.9 Å². The van der Waals surface area contributed by atoms with Gasteiger partial charge in [0.25, 0.3) is 0 Å². The van der Waals surface area contributed by atoms with Crippen molar-refractivity contribution in [1.82, 2.24) is 10.1 Å². The molecule has 0 saturated heterocycles. The molecule has 112 valence electrons. The van der Waals surface area contributed by atoms with Crippen LogP contribution in [-0.2, 0) is 13.0 Å². The molecule has 0 atom stereocenters. The molecule has 22 heavy (non-hydrogen) atoms. The van der Waals surface area contributed by atoms with E-state index < -0.39 is 0 Å². The number of rotatable bonds is 4. The van der Waals surface area contributed by atoms with Gasteiger partial charge in [0.1, 0.15) is 0 Å². The van der Waals surface area contributed by atoms with Crippen LogP contribution in [0.5, 0.6) is 0 Å². The molecule has 4 nitrogen and oxygen atoms in total. The number of benzene rings is 2. The number of aromatic nitrogens is 2. The van der Waals surface area contributed by atoms with Crippen LogP contribution in [0.3, 0.4) is 0 Å². The van der Waals surface area contributed by atoms with Gasteiger partial charge < -0.3 is 10.3 Å². The molecule has 0 aliphatic heterocycles. The highest BCUT2D eigenvalue weighted by atomic mass is 79.9. The highest BCUT2D eigenvalue weighted by molar-refractivity contribution is 9.10. The third-order valence-electron chi connectivity index (χ3n) is 3.53. The normalized spacial score (nSPS) is 10.9. The van der Waals surface area contributed by atoms with Gasteiger partial charge in [0.15, 0.2) is 0 Å². The third kappa shape index (κ3) is 3.10. The van der Waals surface area contributed by atoms with Gasteiger partial charge >= 0.3 is 0 Å². The van der Waals surface area contributed by atoms with E-state index in [0.717, 1.165) is 21.2 Å². The quantitative estimate of drug-likeness (QED) is 0.769. The molecule has 0 radical (unpaired) electrons. The summed E-state index contributed by atoms with van der Waals surface area (Å²) in [7, 11) is 0. The Morgan fingerprint density at radius 1 is 1.14 bits per heavy atom. The van der Waals surface area contributed by atoms with E-state index in [1.54, 1.807) is 0 Å². The fourth-order valence-corrected chi connectivity index (χ4v) is 2.65. The summed E-state index contributed by atoms with van der Waals surface area (Å²) in [4.78, 5) is 4.47. The lowest BCUT2D eigenvalue weighted by Crippen LogP contribution is -1.95. The predicted molar refractivity (Wildman–Crippen MR) is 89.3 cm³/mol. The van der Waals surface area contributed by atoms with Crippen molar-refractivity contribution in [3.05, 3.63) is 69.5 Å². The standard InChI is InChI=1S/C17H16BrN3O/c1-11-3-2-4-14(16(11)18)9-15-20-17(21-22-15)13-7-5-12(10-19)6-8-13/h2-8H,9-10,19H2,1H3. The van der Waals surface area contributed by atoms with Crippen molar-refractivity contribution in [2.24, 2.45) is 5.73 Å². The van der Waals surface area contributed by atoms with Gasteiger partial charge in [-0.2, -0.15) is 4.98 Å². The first-order valence-electron chi connectivity index (χ1n) is 7.03. The monoisotopic (exact) mass is 357 g/mol. The van der Waals surface area contributed by atoms with Crippen molar-refractivity contribution in [2.75, 3.05) is 0 Å². The van der Waals surface area contributed by atoms with Crippen LogP contribution in [0, 0.1) is 6.92 Å². The SMILES string of the molecule is Cc1cccc(Cc2nc(-c3ccc(CN)cc3)no2)c1Br. The number of hydrogen-bond donors (Lipinski definition) is 1. The molecule has 0 bridgehead atoms. The van der Waals surface area contributed by atoms with Gasteiger partial charge in [0.2, 0.25) is 11.7 Å².